The molecule has 2 heterocycles. The number of aryl methyl sites for hydroxylation is 1. The van der Waals surface area contributed by atoms with E-state index in [4.69, 9.17) is 0 Å². The second-order valence-electron chi connectivity index (χ2n) is 7.58. The summed E-state index contributed by atoms with van der Waals surface area (Å²) in [6.45, 7) is 13.0. The van der Waals surface area contributed by atoms with Crippen LogP contribution in [-0.4, -0.2) is 29.8 Å². The van der Waals surface area contributed by atoms with E-state index in [1.54, 1.807) is 11.1 Å². The van der Waals surface area contributed by atoms with Crippen LogP contribution in [0.15, 0.2) is 65.1 Å². The van der Waals surface area contributed by atoms with Crippen LogP contribution in [0.2, 0.25) is 0 Å². The van der Waals surface area contributed by atoms with E-state index in [-0.39, 0.29) is 4.75 Å². The molecule has 1 unspecified atom stereocenters. The summed E-state index contributed by atoms with van der Waals surface area (Å²) < 4.78 is -0.0170. The highest BCUT2D eigenvalue weighted by molar-refractivity contribution is 8.01. The monoisotopic (exact) mass is 365 g/mol. The van der Waals surface area contributed by atoms with Crippen molar-refractivity contribution in [2.45, 2.75) is 49.7 Å². The number of nitrogens with zero attached hydrogens (tertiary/aromatic N) is 1. The van der Waals surface area contributed by atoms with E-state index in [0.717, 1.165) is 19.5 Å². The number of thioether (sulfide) groups is 1. The van der Waals surface area contributed by atoms with E-state index >= 15 is 0 Å². The fourth-order valence-electron chi connectivity index (χ4n) is 4.14. The van der Waals surface area contributed by atoms with Crippen LogP contribution in [0.5, 0.6) is 0 Å². The van der Waals surface area contributed by atoms with Crippen molar-refractivity contribution >= 4 is 17.3 Å². The number of fused-ring (bicyclic) bond motifs is 1. The molecule has 26 heavy (non-hydrogen) atoms. The van der Waals surface area contributed by atoms with E-state index in [1.165, 1.54) is 34.4 Å². The highest BCUT2D eigenvalue weighted by atomic mass is 32.2. The molecule has 1 fully saturated rings. The minimum atomic E-state index is -0.0170. The number of rotatable bonds is 4. The fourth-order valence-corrected chi connectivity index (χ4v) is 5.61. The zero-order valence-corrected chi connectivity index (χ0v) is 17.5. The molecule has 2 aliphatic rings. The van der Waals surface area contributed by atoms with Gasteiger partial charge in [0, 0.05) is 18.0 Å². The number of likely N-dealkylation sites (tertiary alicyclic amines) is 1. The topological polar surface area (TPSA) is 3.24 Å². The van der Waals surface area contributed by atoms with Gasteiger partial charge in [-0.05, 0) is 62.9 Å². The number of piperidine rings is 1. The summed E-state index contributed by atoms with van der Waals surface area (Å²) in [7, 11) is 2.23. The minimum absolute atomic E-state index is 0.0170. The van der Waals surface area contributed by atoms with E-state index in [1.807, 2.05) is 17.8 Å². The molecule has 2 heteroatoms. The highest BCUT2D eigenvalue weighted by Gasteiger charge is 2.42. The van der Waals surface area contributed by atoms with Crippen LogP contribution in [0.3, 0.4) is 0 Å². The summed E-state index contributed by atoms with van der Waals surface area (Å²) in [5.41, 5.74) is 7.44. The van der Waals surface area contributed by atoms with Crippen LogP contribution in [-0.2, 0) is 0 Å². The molecular weight excluding hydrogens is 334 g/mol. The summed E-state index contributed by atoms with van der Waals surface area (Å²) >= 11 is 2.02. The average Bonchev–Trinajstić information content (AvgIpc) is 2.92. The molecule has 3 rings (SSSR count). The van der Waals surface area contributed by atoms with Crippen LogP contribution < -0.4 is 0 Å². The third kappa shape index (κ3) is 3.63. The Hall–Kier alpha value is -1.51. The summed E-state index contributed by atoms with van der Waals surface area (Å²) in [6.07, 6.45) is 12.0. The first-order chi connectivity index (χ1) is 12.5. The van der Waals surface area contributed by atoms with Gasteiger partial charge < -0.3 is 4.90 Å². The number of benzene rings is 1. The lowest BCUT2D eigenvalue weighted by atomic mass is 9.80. The predicted octanol–water partition coefficient (Wildman–Crippen LogP) is 6.42. The zero-order valence-electron chi connectivity index (χ0n) is 16.6. The van der Waals surface area contributed by atoms with Gasteiger partial charge in [-0.1, -0.05) is 61.1 Å². The third-order valence-corrected chi connectivity index (χ3v) is 6.95. The summed E-state index contributed by atoms with van der Waals surface area (Å²) in [6, 6.07) is 6.96. The Morgan fingerprint density at radius 1 is 1.31 bits per heavy atom. The molecule has 0 radical (unpaired) electrons. The van der Waals surface area contributed by atoms with Crippen molar-refractivity contribution in [3.8, 4) is 0 Å². The molecule has 2 aliphatic heterocycles. The molecule has 1 atom stereocenters. The number of allylic oxidation sites excluding steroid dienone is 4. The fraction of sp³-hybridized carbons (Fsp3) is 0.417. The van der Waals surface area contributed by atoms with E-state index in [0.29, 0.717) is 0 Å². The van der Waals surface area contributed by atoms with Crippen molar-refractivity contribution in [3.63, 3.8) is 0 Å². The maximum absolute atomic E-state index is 3.87. The normalized spacial score (nSPS) is 24.4. The Morgan fingerprint density at radius 3 is 2.69 bits per heavy atom. The van der Waals surface area contributed by atoms with Crippen molar-refractivity contribution in [2.75, 3.05) is 20.1 Å². The predicted molar refractivity (Wildman–Crippen MR) is 117 cm³/mol. The number of hydrogen-bond donors (Lipinski definition) is 0. The Kier molecular flexibility index (Phi) is 5.94. The van der Waals surface area contributed by atoms with Gasteiger partial charge in [-0.3, -0.25) is 0 Å². The van der Waals surface area contributed by atoms with Gasteiger partial charge in [0.15, 0.2) is 0 Å². The van der Waals surface area contributed by atoms with Gasteiger partial charge in [0.1, 0.15) is 0 Å². The Labute approximate surface area is 163 Å². The maximum Gasteiger partial charge on any atom is 0.0678 e. The molecule has 1 saturated heterocycles. The van der Waals surface area contributed by atoms with Crippen LogP contribution in [0.1, 0.15) is 44.2 Å². The van der Waals surface area contributed by atoms with E-state index < -0.39 is 0 Å². The van der Waals surface area contributed by atoms with Gasteiger partial charge in [0.25, 0.3) is 0 Å². The van der Waals surface area contributed by atoms with E-state index in [9.17, 15) is 0 Å². The molecule has 0 amide bonds. The summed E-state index contributed by atoms with van der Waals surface area (Å²) in [5, 5.41) is 0. The molecule has 1 nitrogen and oxygen atoms in total. The van der Waals surface area contributed by atoms with Crippen molar-refractivity contribution in [2.24, 2.45) is 0 Å². The molecule has 0 saturated carbocycles. The van der Waals surface area contributed by atoms with Gasteiger partial charge in [0.05, 0.1) is 4.75 Å². The first-order valence-corrected chi connectivity index (χ1v) is 10.5. The second-order valence-corrected chi connectivity index (χ2v) is 9.04. The van der Waals surface area contributed by atoms with Gasteiger partial charge in [-0.2, -0.15) is 0 Å². The lowest BCUT2D eigenvalue weighted by molar-refractivity contribution is 0.312. The van der Waals surface area contributed by atoms with Crippen LogP contribution in [0.4, 0.5) is 0 Å². The molecule has 0 aromatic heterocycles. The molecule has 0 N–H and O–H groups in total. The largest absolute Gasteiger partial charge is 0.306 e. The van der Waals surface area contributed by atoms with Gasteiger partial charge in [0.2, 0.25) is 0 Å². The summed E-state index contributed by atoms with van der Waals surface area (Å²) in [4.78, 5) is 3.87. The zero-order chi connectivity index (χ0) is 18.7. The van der Waals surface area contributed by atoms with Crippen molar-refractivity contribution < 1.29 is 0 Å². The lowest BCUT2D eigenvalue weighted by Gasteiger charge is -2.33. The quantitative estimate of drug-likeness (QED) is 0.567. The van der Waals surface area contributed by atoms with Crippen molar-refractivity contribution in [1.82, 2.24) is 4.90 Å². The molecule has 0 spiro atoms. The Bertz CT molecular complexity index is 773. The molecular formula is C24H31NS. The summed E-state index contributed by atoms with van der Waals surface area (Å²) in [5.74, 6) is 0. The SMILES string of the molecule is C=C/C=C\C(=C/CC)C1(C)Sc2ccc(C)cc2C1=C1CCN(C)CC1. The average molecular weight is 366 g/mol. The second kappa shape index (κ2) is 8.02. The molecule has 0 aliphatic carbocycles. The van der Waals surface area contributed by atoms with E-state index in [2.05, 4.69) is 75.7 Å². The first kappa shape index (κ1) is 19.3. The van der Waals surface area contributed by atoms with Crippen LogP contribution in [0, 0.1) is 6.92 Å². The van der Waals surface area contributed by atoms with Crippen molar-refractivity contribution in [3.05, 3.63) is 71.4 Å². The highest BCUT2D eigenvalue weighted by Crippen LogP contribution is 2.58. The van der Waals surface area contributed by atoms with Gasteiger partial charge >= 0.3 is 0 Å². The van der Waals surface area contributed by atoms with Crippen LogP contribution in [0.25, 0.3) is 5.57 Å². The first-order valence-electron chi connectivity index (χ1n) is 9.70. The maximum atomic E-state index is 3.87. The molecule has 138 valence electrons. The minimum Gasteiger partial charge on any atom is -0.306 e. The van der Waals surface area contributed by atoms with Crippen molar-refractivity contribution in [1.29, 1.82) is 0 Å². The molecule has 0 bridgehead atoms. The van der Waals surface area contributed by atoms with Gasteiger partial charge in [-0.25, -0.2) is 0 Å². The Balaban J connectivity index is 2.18. The van der Waals surface area contributed by atoms with Gasteiger partial charge in [-0.15, -0.1) is 11.8 Å². The third-order valence-electron chi connectivity index (χ3n) is 5.53. The molecule has 1 aromatic carbocycles. The Morgan fingerprint density at radius 2 is 2.04 bits per heavy atom. The smallest absolute Gasteiger partial charge is 0.0678 e. The van der Waals surface area contributed by atoms with Crippen LogP contribution >= 0.6 is 11.8 Å². The standard InChI is InChI=1S/C24H31NS/c1-6-8-10-20(9-7-2)24(4)23(19-13-15-25(5)16-14-19)21-17-18(3)11-12-22(21)26-24/h6,8-12,17H,1,7,13-16H2,2-5H3/b10-8-,20-9+. The molecule has 1 aromatic rings. The number of hydrogen-bond acceptors (Lipinski definition) is 2. The lowest BCUT2D eigenvalue weighted by Crippen LogP contribution is -2.29.